The largest absolute Gasteiger partial charge is 0.496 e. The van der Waals surface area contributed by atoms with Gasteiger partial charge in [0.1, 0.15) is 10.4 Å². The first kappa shape index (κ1) is 15.9. The van der Waals surface area contributed by atoms with Gasteiger partial charge in [-0.1, -0.05) is 16.8 Å². The molecule has 0 aliphatic carbocycles. The molecule has 0 spiro atoms. The smallest absolute Gasteiger partial charge is 0.223 e. The minimum Gasteiger partial charge on any atom is -0.496 e. The molecule has 0 atom stereocenters. The summed E-state index contributed by atoms with van der Waals surface area (Å²) in [7, 11) is 1.63. The molecule has 0 amide bonds. The van der Waals surface area contributed by atoms with Gasteiger partial charge >= 0.3 is 0 Å². The molecule has 0 radical (unpaired) electrons. The van der Waals surface area contributed by atoms with Crippen LogP contribution < -0.4 is 10.5 Å². The number of nitrogen functional groups attached to an aromatic ring is 1. The van der Waals surface area contributed by atoms with Crippen molar-refractivity contribution in [2.75, 3.05) is 12.8 Å². The fourth-order valence-corrected chi connectivity index (χ4v) is 2.94. The minimum atomic E-state index is 0.0680. The van der Waals surface area contributed by atoms with E-state index in [-0.39, 0.29) is 11.1 Å². The van der Waals surface area contributed by atoms with E-state index < -0.39 is 0 Å². The zero-order valence-corrected chi connectivity index (χ0v) is 15.0. The van der Waals surface area contributed by atoms with E-state index in [1.807, 2.05) is 13.8 Å². The lowest BCUT2D eigenvalue weighted by molar-refractivity contribution is 0.406. The molecule has 3 aromatic rings. The van der Waals surface area contributed by atoms with E-state index in [9.17, 15) is 0 Å². The number of nitrogens with two attached hydrogens (primary N) is 1. The van der Waals surface area contributed by atoms with E-state index in [1.54, 1.807) is 11.8 Å². The molecule has 0 aliphatic rings. The molecule has 2 N–H and O–H groups in total. The normalized spacial score (nSPS) is 11.2. The molecule has 8 nitrogen and oxygen atoms in total. The van der Waals surface area contributed by atoms with E-state index in [2.05, 4.69) is 41.2 Å². The highest BCUT2D eigenvalue weighted by Crippen LogP contribution is 2.30. The number of nitrogens with zero attached hydrogens (tertiary/aromatic N) is 6. The maximum Gasteiger partial charge on any atom is 0.223 e. The lowest BCUT2D eigenvalue weighted by Crippen LogP contribution is -2.09. The minimum absolute atomic E-state index is 0.0680. The highest BCUT2D eigenvalue weighted by Gasteiger charge is 2.17. The molecule has 0 unspecified atom stereocenters. The molecule has 3 aromatic heterocycles. The van der Waals surface area contributed by atoms with Crippen molar-refractivity contribution in [2.45, 2.75) is 20.4 Å². The number of halogens is 2. The third kappa shape index (κ3) is 2.70. The quantitative estimate of drug-likeness (QED) is 0.533. The van der Waals surface area contributed by atoms with Gasteiger partial charge in [-0.25, -0.2) is 9.67 Å². The highest BCUT2D eigenvalue weighted by atomic mass is 79.9. The van der Waals surface area contributed by atoms with Crippen molar-refractivity contribution in [3.63, 3.8) is 0 Å². The van der Waals surface area contributed by atoms with Crippen LogP contribution in [-0.2, 0) is 6.54 Å². The molecular formula is C13H13BrClN7O. The fraction of sp³-hybridized carbons (Fsp3) is 0.308. The van der Waals surface area contributed by atoms with E-state index >= 15 is 0 Å². The van der Waals surface area contributed by atoms with Crippen LogP contribution in [0.2, 0.25) is 5.15 Å². The Kier molecular flexibility index (Phi) is 4.07. The molecule has 0 aliphatic heterocycles. The van der Waals surface area contributed by atoms with Gasteiger partial charge in [-0.3, -0.25) is 0 Å². The van der Waals surface area contributed by atoms with Gasteiger partial charge in [-0.2, -0.15) is 9.97 Å². The van der Waals surface area contributed by atoms with Crippen LogP contribution in [0.1, 0.15) is 16.8 Å². The van der Waals surface area contributed by atoms with Crippen LogP contribution in [0.5, 0.6) is 5.75 Å². The summed E-state index contributed by atoms with van der Waals surface area (Å²) in [5.74, 6) is 0.844. The Morgan fingerprint density at radius 2 is 1.96 bits per heavy atom. The number of fused-ring (bicyclic) bond motifs is 1. The first-order valence-electron chi connectivity index (χ1n) is 6.64. The number of hydrogen-bond donors (Lipinski definition) is 1. The van der Waals surface area contributed by atoms with Gasteiger partial charge in [0, 0.05) is 11.1 Å². The van der Waals surface area contributed by atoms with Crippen LogP contribution in [0.15, 0.2) is 4.60 Å². The summed E-state index contributed by atoms with van der Waals surface area (Å²) in [6.45, 7) is 4.23. The zero-order valence-electron chi connectivity index (χ0n) is 12.6. The molecule has 3 heterocycles. The molecule has 0 saturated heterocycles. The van der Waals surface area contributed by atoms with Gasteiger partial charge in [-0.05, 0) is 29.8 Å². The number of hydrogen-bond acceptors (Lipinski definition) is 7. The molecule has 10 heteroatoms. The van der Waals surface area contributed by atoms with Gasteiger partial charge in [0.05, 0.1) is 19.3 Å². The number of aromatic nitrogens is 6. The predicted molar refractivity (Wildman–Crippen MR) is 89.6 cm³/mol. The number of anilines is 1. The second-order valence-electron chi connectivity index (χ2n) is 4.92. The highest BCUT2D eigenvalue weighted by molar-refractivity contribution is 9.10. The maximum atomic E-state index is 6.01. The monoisotopic (exact) mass is 397 g/mol. The Labute approximate surface area is 145 Å². The van der Waals surface area contributed by atoms with Crippen molar-refractivity contribution in [3.05, 3.63) is 26.6 Å². The average molecular weight is 399 g/mol. The molecule has 0 aromatic carbocycles. The van der Waals surface area contributed by atoms with Crippen LogP contribution in [0.25, 0.3) is 11.2 Å². The van der Waals surface area contributed by atoms with Crippen LogP contribution >= 0.6 is 27.5 Å². The standard InChI is InChI=1S/C13H13BrClN7O/c1-5-7(17-10(14)6(2)9(5)23-3)4-22-12-8(20-21-22)11(15)18-13(16)19-12/h4H2,1-3H3,(H2,16,18,19). The Bertz CT molecular complexity index is 911. The number of methoxy groups -OCH3 is 1. The van der Waals surface area contributed by atoms with Crippen molar-refractivity contribution in [3.8, 4) is 5.75 Å². The van der Waals surface area contributed by atoms with Crippen molar-refractivity contribution in [1.29, 1.82) is 0 Å². The van der Waals surface area contributed by atoms with E-state index in [1.165, 1.54) is 0 Å². The summed E-state index contributed by atoms with van der Waals surface area (Å²) in [6, 6.07) is 0. The van der Waals surface area contributed by atoms with Crippen LogP contribution in [-0.4, -0.2) is 37.1 Å². The molecule has 0 bridgehead atoms. The molecule has 0 fully saturated rings. The second-order valence-corrected chi connectivity index (χ2v) is 6.03. The van der Waals surface area contributed by atoms with Gasteiger partial charge in [-0.15, -0.1) is 5.10 Å². The van der Waals surface area contributed by atoms with Crippen LogP contribution in [0.3, 0.4) is 0 Å². The maximum absolute atomic E-state index is 6.01. The van der Waals surface area contributed by atoms with Crippen molar-refractivity contribution >= 4 is 44.6 Å². The van der Waals surface area contributed by atoms with E-state index in [4.69, 9.17) is 22.1 Å². The average Bonchev–Trinajstić information content (AvgIpc) is 2.89. The van der Waals surface area contributed by atoms with E-state index in [0.717, 1.165) is 22.6 Å². The number of ether oxygens (including phenoxy) is 1. The third-order valence-electron chi connectivity index (χ3n) is 3.50. The lowest BCUT2D eigenvalue weighted by atomic mass is 10.1. The summed E-state index contributed by atoms with van der Waals surface area (Å²) >= 11 is 9.46. The molecule has 23 heavy (non-hydrogen) atoms. The Balaban J connectivity index is 2.12. The van der Waals surface area contributed by atoms with Gasteiger partial charge in [0.2, 0.25) is 5.95 Å². The van der Waals surface area contributed by atoms with Gasteiger partial charge in [0.25, 0.3) is 0 Å². The summed E-state index contributed by atoms with van der Waals surface area (Å²) in [6.07, 6.45) is 0. The second kappa shape index (κ2) is 5.89. The predicted octanol–water partition coefficient (Wildman–Crippen LogP) is 2.29. The SMILES string of the molecule is COc1c(C)c(Br)nc(Cn2nnc3c(Cl)nc(N)nc32)c1C. The van der Waals surface area contributed by atoms with Crippen molar-refractivity contribution < 1.29 is 4.74 Å². The Hall–Kier alpha value is -2.00. The lowest BCUT2D eigenvalue weighted by Gasteiger charge is -2.14. The Morgan fingerprint density at radius 3 is 2.65 bits per heavy atom. The topological polar surface area (TPSA) is 105 Å². The third-order valence-corrected chi connectivity index (χ3v) is 4.53. The first-order valence-corrected chi connectivity index (χ1v) is 7.81. The van der Waals surface area contributed by atoms with Gasteiger partial charge in [0.15, 0.2) is 16.3 Å². The van der Waals surface area contributed by atoms with Crippen molar-refractivity contribution in [2.24, 2.45) is 0 Å². The number of pyridine rings is 1. The summed E-state index contributed by atoms with van der Waals surface area (Å²) in [5, 5.41) is 8.24. The van der Waals surface area contributed by atoms with Crippen LogP contribution in [0, 0.1) is 13.8 Å². The Morgan fingerprint density at radius 1 is 1.22 bits per heavy atom. The fourth-order valence-electron chi connectivity index (χ4n) is 2.34. The van der Waals surface area contributed by atoms with Gasteiger partial charge < -0.3 is 10.5 Å². The van der Waals surface area contributed by atoms with Crippen LogP contribution in [0.4, 0.5) is 5.95 Å². The summed E-state index contributed by atoms with van der Waals surface area (Å²) in [4.78, 5) is 12.6. The molecule has 0 saturated carbocycles. The first-order chi connectivity index (χ1) is 10.9. The van der Waals surface area contributed by atoms with Crippen molar-refractivity contribution in [1.82, 2.24) is 29.9 Å². The molecule has 3 rings (SSSR count). The summed E-state index contributed by atoms with van der Waals surface area (Å²) < 4.78 is 7.75. The zero-order chi connectivity index (χ0) is 16.7. The summed E-state index contributed by atoms with van der Waals surface area (Å²) in [5.41, 5.74) is 9.14. The van der Waals surface area contributed by atoms with E-state index in [0.29, 0.717) is 22.3 Å². The molecular weight excluding hydrogens is 386 g/mol. The molecule has 120 valence electrons. The number of rotatable bonds is 3.